The zero-order valence-corrected chi connectivity index (χ0v) is 19.1. The largest absolute Gasteiger partial charge is 0.352 e. The summed E-state index contributed by atoms with van der Waals surface area (Å²) in [5, 5.41) is 6.46. The highest BCUT2D eigenvalue weighted by Gasteiger charge is 2.19. The van der Waals surface area contributed by atoms with Gasteiger partial charge in [-0.15, -0.1) is 16.4 Å². The number of hydrogen-bond acceptors (Lipinski definition) is 4. The zero-order chi connectivity index (χ0) is 22.4. The predicted molar refractivity (Wildman–Crippen MR) is 129 cm³/mol. The summed E-state index contributed by atoms with van der Waals surface area (Å²) in [6.07, 6.45) is 0. The third kappa shape index (κ3) is 3.39. The lowest BCUT2D eigenvalue weighted by Crippen LogP contribution is -2.26. The lowest BCUT2D eigenvalue weighted by Gasteiger charge is -2.10. The first kappa shape index (κ1) is 20.5. The molecule has 0 atom stereocenters. The molecule has 0 saturated heterocycles. The van der Waals surface area contributed by atoms with Gasteiger partial charge in [0.25, 0.3) is 5.56 Å². The number of hydrogen-bond donors (Lipinski definition) is 0. The van der Waals surface area contributed by atoms with Crippen molar-refractivity contribution in [2.75, 3.05) is 0 Å². The molecule has 0 aliphatic carbocycles. The number of aromatic nitrogens is 4. The molecule has 0 radical (unpaired) electrons. The zero-order valence-electron chi connectivity index (χ0n) is 18.3. The number of rotatable bonds is 5. The Morgan fingerprint density at radius 2 is 1.72 bits per heavy atom. The van der Waals surface area contributed by atoms with Gasteiger partial charge in [-0.2, -0.15) is 0 Å². The van der Waals surface area contributed by atoms with Crippen LogP contribution in [0.5, 0.6) is 0 Å². The second-order valence-corrected chi connectivity index (χ2v) is 9.34. The molecule has 0 spiro atoms. The molecule has 5 rings (SSSR count). The topological polar surface area (TPSA) is 61.3 Å². The van der Waals surface area contributed by atoms with Crippen molar-refractivity contribution < 1.29 is 0 Å². The highest BCUT2D eigenvalue weighted by Crippen LogP contribution is 2.19. The first-order valence-electron chi connectivity index (χ1n) is 10.7. The van der Waals surface area contributed by atoms with Crippen LogP contribution in [0.4, 0.5) is 0 Å². The summed E-state index contributed by atoms with van der Waals surface area (Å²) in [5.74, 6) is 0.809. The summed E-state index contributed by atoms with van der Waals surface area (Å²) in [7, 11) is 0. The minimum atomic E-state index is -0.240. The van der Waals surface area contributed by atoms with E-state index >= 15 is 0 Å². The normalized spacial score (nSPS) is 11.8. The van der Waals surface area contributed by atoms with Gasteiger partial charge in [-0.25, -0.2) is 13.9 Å². The van der Waals surface area contributed by atoms with Crippen LogP contribution >= 0.6 is 11.3 Å². The smallest absolute Gasteiger partial charge is 0.271 e. The van der Waals surface area contributed by atoms with Gasteiger partial charge < -0.3 is 0 Å². The van der Waals surface area contributed by atoms with Crippen LogP contribution in [0.3, 0.4) is 0 Å². The SMILES string of the molecule is Cc1ccccc1Cn1nc2n(Cc3ccc(C(C)C)cc3)c(=O)c3sccc3n2c1=O. The number of aryl methyl sites for hydroxylation is 1. The van der Waals surface area contributed by atoms with E-state index in [0.717, 1.165) is 16.7 Å². The average molecular weight is 445 g/mol. The number of thiophene rings is 1. The fraction of sp³-hybridized carbons (Fsp3) is 0.240. The van der Waals surface area contributed by atoms with Gasteiger partial charge >= 0.3 is 5.69 Å². The van der Waals surface area contributed by atoms with Gasteiger partial charge in [0.15, 0.2) is 0 Å². The van der Waals surface area contributed by atoms with Gasteiger partial charge in [0.1, 0.15) is 4.70 Å². The van der Waals surface area contributed by atoms with Gasteiger partial charge in [0.05, 0.1) is 18.6 Å². The molecule has 32 heavy (non-hydrogen) atoms. The van der Waals surface area contributed by atoms with Gasteiger partial charge in [-0.3, -0.25) is 9.36 Å². The van der Waals surface area contributed by atoms with E-state index in [-0.39, 0.29) is 11.2 Å². The van der Waals surface area contributed by atoms with Crippen LogP contribution in [0.25, 0.3) is 16.0 Å². The van der Waals surface area contributed by atoms with Gasteiger partial charge in [0.2, 0.25) is 5.78 Å². The molecule has 2 aromatic carbocycles. The molecular weight excluding hydrogens is 420 g/mol. The number of nitrogens with zero attached hydrogens (tertiary/aromatic N) is 4. The molecule has 0 aliphatic rings. The monoisotopic (exact) mass is 444 g/mol. The first-order valence-corrected chi connectivity index (χ1v) is 11.5. The molecule has 162 valence electrons. The molecule has 0 unspecified atom stereocenters. The fourth-order valence-corrected chi connectivity index (χ4v) is 4.84. The molecule has 0 saturated carbocycles. The third-order valence-electron chi connectivity index (χ3n) is 5.96. The third-order valence-corrected chi connectivity index (χ3v) is 6.85. The van der Waals surface area contributed by atoms with E-state index < -0.39 is 0 Å². The molecule has 7 heteroatoms. The Hall–Kier alpha value is -3.45. The summed E-state index contributed by atoms with van der Waals surface area (Å²) in [6, 6.07) is 18.0. The fourth-order valence-electron chi connectivity index (χ4n) is 4.02. The van der Waals surface area contributed by atoms with Gasteiger partial charge in [-0.1, -0.05) is 62.4 Å². The maximum Gasteiger partial charge on any atom is 0.352 e. The van der Waals surface area contributed by atoms with Crippen molar-refractivity contribution in [1.29, 1.82) is 0 Å². The Balaban J connectivity index is 1.68. The Kier molecular flexibility index (Phi) is 5.06. The molecule has 0 amide bonds. The van der Waals surface area contributed by atoms with Crippen LogP contribution in [0.15, 0.2) is 69.6 Å². The lowest BCUT2D eigenvalue weighted by molar-refractivity contribution is 0.652. The van der Waals surface area contributed by atoms with Crippen molar-refractivity contribution in [3.63, 3.8) is 0 Å². The summed E-state index contributed by atoms with van der Waals surface area (Å²) >= 11 is 1.35. The molecule has 0 aliphatic heterocycles. The van der Waals surface area contributed by atoms with Crippen LogP contribution in [0.2, 0.25) is 0 Å². The van der Waals surface area contributed by atoms with Crippen molar-refractivity contribution in [2.24, 2.45) is 0 Å². The van der Waals surface area contributed by atoms with E-state index in [1.165, 1.54) is 21.6 Å². The molecule has 0 fully saturated rings. The first-order chi connectivity index (χ1) is 15.4. The average Bonchev–Trinajstić information content (AvgIpc) is 3.38. The van der Waals surface area contributed by atoms with Crippen LogP contribution in [0.1, 0.15) is 42.0 Å². The highest BCUT2D eigenvalue weighted by molar-refractivity contribution is 7.17. The van der Waals surface area contributed by atoms with Crippen molar-refractivity contribution in [2.45, 2.75) is 39.8 Å². The molecule has 5 aromatic rings. The summed E-state index contributed by atoms with van der Waals surface area (Å²) in [4.78, 5) is 26.7. The van der Waals surface area contributed by atoms with E-state index in [4.69, 9.17) is 0 Å². The van der Waals surface area contributed by atoms with Crippen LogP contribution in [-0.4, -0.2) is 18.7 Å². The second-order valence-electron chi connectivity index (χ2n) is 8.42. The highest BCUT2D eigenvalue weighted by atomic mass is 32.1. The quantitative estimate of drug-likeness (QED) is 0.404. The van der Waals surface area contributed by atoms with Crippen LogP contribution in [-0.2, 0) is 13.1 Å². The van der Waals surface area contributed by atoms with E-state index in [0.29, 0.717) is 35.0 Å². The van der Waals surface area contributed by atoms with Crippen molar-refractivity contribution in [3.8, 4) is 0 Å². The second kappa shape index (κ2) is 7.91. The van der Waals surface area contributed by atoms with Crippen molar-refractivity contribution >= 4 is 27.3 Å². The van der Waals surface area contributed by atoms with E-state index in [2.05, 4.69) is 31.1 Å². The molecule has 3 aromatic heterocycles. The molecule has 0 N–H and O–H groups in total. The lowest BCUT2D eigenvalue weighted by atomic mass is 10.0. The summed E-state index contributed by atoms with van der Waals surface area (Å²) < 4.78 is 5.19. The van der Waals surface area contributed by atoms with E-state index in [1.807, 2.05) is 54.8 Å². The van der Waals surface area contributed by atoms with Crippen LogP contribution in [0, 0.1) is 6.92 Å². The summed E-state index contributed by atoms with van der Waals surface area (Å²) in [6.45, 7) is 7.04. The van der Waals surface area contributed by atoms with Crippen molar-refractivity contribution in [1.82, 2.24) is 18.7 Å². The molecule has 6 nitrogen and oxygen atoms in total. The van der Waals surface area contributed by atoms with E-state index in [1.54, 1.807) is 8.97 Å². The van der Waals surface area contributed by atoms with Crippen LogP contribution < -0.4 is 11.2 Å². The maximum atomic E-state index is 13.3. The van der Waals surface area contributed by atoms with Gasteiger partial charge in [0, 0.05) is 0 Å². The standard InChI is InChI=1S/C25H24N4O2S/c1-16(2)19-10-8-18(9-11-19)14-27-23(30)22-21(12-13-32-22)29-24(27)26-28(25(29)31)15-20-7-5-4-6-17(20)3/h4-13,16H,14-15H2,1-3H3. The Morgan fingerprint density at radius 3 is 2.44 bits per heavy atom. The molecule has 0 bridgehead atoms. The number of benzene rings is 2. The number of fused-ring (bicyclic) bond motifs is 3. The minimum Gasteiger partial charge on any atom is -0.271 e. The minimum absolute atomic E-state index is 0.122. The Bertz CT molecular complexity index is 1550. The molecule has 3 heterocycles. The Labute approximate surface area is 189 Å². The Morgan fingerprint density at radius 1 is 0.969 bits per heavy atom. The van der Waals surface area contributed by atoms with Gasteiger partial charge in [-0.05, 0) is 46.5 Å². The maximum absolute atomic E-state index is 13.3. The van der Waals surface area contributed by atoms with E-state index in [9.17, 15) is 9.59 Å². The predicted octanol–water partition coefficient (Wildman–Crippen LogP) is 4.40. The summed E-state index contributed by atoms with van der Waals surface area (Å²) in [5.41, 5.74) is 4.62. The molecular formula is C25H24N4O2S. The van der Waals surface area contributed by atoms with Crippen molar-refractivity contribution in [3.05, 3.63) is 103 Å².